The number of likely N-dealkylation sites (N-methyl/N-ethyl adjacent to an activating group) is 1. The zero-order valence-electron chi connectivity index (χ0n) is 10.5. The molecule has 2 atom stereocenters. The summed E-state index contributed by atoms with van der Waals surface area (Å²) in [4.78, 5) is 0. The summed E-state index contributed by atoms with van der Waals surface area (Å²) >= 11 is 6.18. The monoisotopic (exact) mass is 251 g/mol. The fourth-order valence-corrected chi connectivity index (χ4v) is 2.47. The molecule has 0 aliphatic carbocycles. The number of alkyl halides is 1. The summed E-state index contributed by atoms with van der Waals surface area (Å²) in [6.07, 6.45) is 1.72. The fourth-order valence-electron chi connectivity index (χ4n) is 2.08. The molecule has 0 spiro atoms. The number of hydrogen-bond acceptors (Lipinski definition) is 2. The van der Waals surface area contributed by atoms with Crippen molar-refractivity contribution >= 4 is 22.6 Å². The second-order valence-electron chi connectivity index (χ2n) is 4.73. The highest BCUT2D eigenvalue weighted by molar-refractivity contribution is 6.18. The van der Waals surface area contributed by atoms with Crippen LogP contribution in [-0.2, 0) is 5.41 Å². The summed E-state index contributed by atoms with van der Waals surface area (Å²) in [5.41, 5.74) is 2.08. The lowest BCUT2D eigenvalue weighted by molar-refractivity contribution is 0.388. The van der Waals surface area contributed by atoms with Crippen LogP contribution < -0.4 is 5.32 Å². The molecule has 92 valence electrons. The predicted molar refractivity (Wildman–Crippen MR) is 72.8 cm³/mol. The summed E-state index contributed by atoms with van der Waals surface area (Å²) in [6.45, 7) is 4.34. The third-order valence-electron chi connectivity index (χ3n) is 3.78. The number of benzene rings is 1. The van der Waals surface area contributed by atoms with E-state index in [4.69, 9.17) is 16.0 Å². The zero-order chi connectivity index (χ0) is 12.5. The van der Waals surface area contributed by atoms with Crippen LogP contribution in [0.2, 0.25) is 0 Å². The minimum Gasteiger partial charge on any atom is -0.464 e. The van der Waals surface area contributed by atoms with Crippen LogP contribution in [0.15, 0.2) is 34.9 Å². The number of fused-ring (bicyclic) bond motifs is 1. The molecule has 0 amide bonds. The molecular weight excluding hydrogens is 234 g/mol. The van der Waals surface area contributed by atoms with Crippen molar-refractivity contribution in [1.29, 1.82) is 0 Å². The normalized spacial score (nSPS) is 16.9. The van der Waals surface area contributed by atoms with Gasteiger partial charge in [0.15, 0.2) is 0 Å². The highest BCUT2D eigenvalue weighted by Gasteiger charge is 2.31. The molecule has 0 aliphatic heterocycles. The van der Waals surface area contributed by atoms with E-state index in [0.29, 0.717) is 11.9 Å². The Hall–Kier alpha value is -0.990. The van der Waals surface area contributed by atoms with E-state index in [9.17, 15) is 0 Å². The van der Waals surface area contributed by atoms with Crippen molar-refractivity contribution in [3.63, 3.8) is 0 Å². The van der Waals surface area contributed by atoms with Gasteiger partial charge >= 0.3 is 0 Å². The van der Waals surface area contributed by atoms with E-state index in [-0.39, 0.29) is 5.41 Å². The van der Waals surface area contributed by atoms with Gasteiger partial charge in [0.2, 0.25) is 0 Å². The third-order valence-corrected chi connectivity index (χ3v) is 4.33. The molecule has 0 fully saturated rings. The van der Waals surface area contributed by atoms with E-state index < -0.39 is 0 Å². The van der Waals surface area contributed by atoms with Crippen LogP contribution in [0.5, 0.6) is 0 Å². The van der Waals surface area contributed by atoms with E-state index in [0.717, 1.165) is 11.0 Å². The van der Waals surface area contributed by atoms with Gasteiger partial charge in [-0.3, -0.25) is 0 Å². The van der Waals surface area contributed by atoms with Crippen LogP contribution in [0.4, 0.5) is 0 Å². The van der Waals surface area contributed by atoms with Gasteiger partial charge in [-0.05, 0) is 37.7 Å². The Kier molecular flexibility index (Phi) is 3.45. The van der Waals surface area contributed by atoms with Crippen LogP contribution in [0.1, 0.15) is 19.4 Å². The minimum absolute atomic E-state index is 0.0816. The lowest BCUT2D eigenvalue weighted by atomic mass is 9.78. The predicted octanol–water partition coefficient (Wildman–Crippen LogP) is 3.54. The van der Waals surface area contributed by atoms with Gasteiger partial charge in [0.1, 0.15) is 5.58 Å². The molecule has 0 bridgehead atoms. The standard InChI is InChI=1S/C14H18ClNO/c1-10(16-3)14(2,9-15)12-4-5-13-11(8-12)6-7-17-13/h4-8,10,16H,9H2,1-3H3. The largest absolute Gasteiger partial charge is 0.464 e. The molecular formula is C14H18ClNO. The molecule has 2 aromatic rings. The molecule has 1 aromatic heterocycles. The van der Waals surface area contributed by atoms with Gasteiger partial charge in [-0.1, -0.05) is 13.0 Å². The Labute approximate surface area is 107 Å². The van der Waals surface area contributed by atoms with E-state index in [1.165, 1.54) is 5.56 Å². The molecule has 2 unspecified atom stereocenters. The lowest BCUT2D eigenvalue weighted by Crippen LogP contribution is -2.44. The highest BCUT2D eigenvalue weighted by atomic mass is 35.5. The van der Waals surface area contributed by atoms with Crippen molar-refractivity contribution in [3.05, 3.63) is 36.1 Å². The van der Waals surface area contributed by atoms with E-state index >= 15 is 0 Å². The van der Waals surface area contributed by atoms with Crippen molar-refractivity contribution in [1.82, 2.24) is 5.32 Å². The summed E-state index contributed by atoms with van der Waals surface area (Å²) < 4.78 is 5.36. The molecule has 0 radical (unpaired) electrons. The molecule has 1 aromatic carbocycles. The second-order valence-corrected chi connectivity index (χ2v) is 5.00. The quantitative estimate of drug-likeness (QED) is 0.841. The minimum atomic E-state index is -0.0816. The fraction of sp³-hybridized carbons (Fsp3) is 0.429. The first-order valence-corrected chi connectivity index (χ1v) is 6.36. The smallest absolute Gasteiger partial charge is 0.133 e. The van der Waals surface area contributed by atoms with Crippen LogP contribution in [0, 0.1) is 0 Å². The number of nitrogens with one attached hydrogen (secondary N) is 1. The average molecular weight is 252 g/mol. The van der Waals surface area contributed by atoms with Crippen LogP contribution >= 0.6 is 11.6 Å². The summed E-state index contributed by atoms with van der Waals surface area (Å²) in [7, 11) is 1.96. The SMILES string of the molecule is CNC(C)C(C)(CCl)c1ccc2occc2c1. The van der Waals surface area contributed by atoms with Gasteiger partial charge in [0.25, 0.3) is 0 Å². The Balaban J connectivity index is 2.48. The third kappa shape index (κ3) is 2.07. The van der Waals surface area contributed by atoms with Crippen LogP contribution in [-0.4, -0.2) is 19.0 Å². The molecule has 17 heavy (non-hydrogen) atoms. The van der Waals surface area contributed by atoms with Gasteiger partial charge in [0.05, 0.1) is 6.26 Å². The molecule has 0 aliphatic rings. The molecule has 0 saturated heterocycles. The van der Waals surface area contributed by atoms with E-state index in [2.05, 4.69) is 31.3 Å². The second kappa shape index (κ2) is 4.71. The summed E-state index contributed by atoms with van der Waals surface area (Å²) in [6, 6.07) is 8.57. The summed E-state index contributed by atoms with van der Waals surface area (Å²) in [5, 5.41) is 4.42. The Morgan fingerprint density at radius 2 is 2.18 bits per heavy atom. The maximum absolute atomic E-state index is 6.18. The van der Waals surface area contributed by atoms with Gasteiger partial charge < -0.3 is 9.73 Å². The van der Waals surface area contributed by atoms with Gasteiger partial charge in [-0.25, -0.2) is 0 Å². The first kappa shape index (κ1) is 12.5. The number of halogens is 1. The Morgan fingerprint density at radius 1 is 1.41 bits per heavy atom. The molecule has 1 heterocycles. The van der Waals surface area contributed by atoms with Crippen molar-refractivity contribution in [2.75, 3.05) is 12.9 Å². The van der Waals surface area contributed by atoms with Crippen molar-refractivity contribution < 1.29 is 4.42 Å². The van der Waals surface area contributed by atoms with Crippen molar-refractivity contribution in [2.45, 2.75) is 25.3 Å². The molecule has 2 nitrogen and oxygen atoms in total. The Morgan fingerprint density at radius 3 is 2.82 bits per heavy atom. The first-order valence-electron chi connectivity index (χ1n) is 5.83. The average Bonchev–Trinajstić information content (AvgIpc) is 2.83. The van der Waals surface area contributed by atoms with Crippen LogP contribution in [0.25, 0.3) is 11.0 Å². The van der Waals surface area contributed by atoms with Gasteiger partial charge in [0, 0.05) is 22.7 Å². The van der Waals surface area contributed by atoms with Crippen LogP contribution in [0.3, 0.4) is 0 Å². The Bertz CT molecular complexity index is 508. The molecule has 0 saturated carbocycles. The maximum Gasteiger partial charge on any atom is 0.133 e. The van der Waals surface area contributed by atoms with E-state index in [1.54, 1.807) is 6.26 Å². The van der Waals surface area contributed by atoms with Gasteiger partial charge in [-0.15, -0.1) is 11.6 Å². The lowest BCUT2D eigenvalue weighted by Gasteiger charge is -2.34. The summed E-state index contributed by atoms with van der Waals surface area (Å²) in [5.74, 6) is 0.582. The molecule has 3 heteroatoms. The molecule has 1 N–H and O–H groups in total. The highest BCUT2D eigenvalue weighted by Crippen LogP contribution is 2.31. The topological polar surface area (TPSA) is 25.2 Å². The van der Waals surface area contributed by atoms with Crippen molar-refractivity contribution in [2.24, 2.45) is 0 Å². The van der Waals surface area contributed by atoms with Gasteiger partial charge in [-0.2, -0.15) is 0 Å². The number of rotatable bonds is 4. The van der Waals surface area contributed by atoms with E-state index in [1.807, 2.05) is 19.2 Å². The van der Waals surface area contributed by atoms with Crippen molar-refractivity contribution in [3.8, 4) is 0 Å². The first-order chi connectivity index (χ1) is 8.11. The molecule has 2 rings (SSSR count). The zero-order valence-corrected chi connectivity index (χ0v) is 11.2. The number of furan rings is 1. The number of hydrogen-bond donors (Lipinski definition) is 1. The maximum atomic E-state index is 6.18.